The third-order valence-electron chi connectivity index (χ3n) is 15.4. The topological polar surface area (TPSA) is 176 Å². The van der Waals surface area contributed by atoms with E-state index in [0.717, 1.165) is 44.5 Å². The molecule has 6 bridgehead atoms. The Morgan fingerprint density at radius 3 is 2.53 bits per heavy atom. The van der Waals surface area contributed by atoms with E-state index in [1.54, 1.807) is 37.3 Å². The Morgan fingerprint density at radius 1 is 0.933 bits per heavy atom. The van der Waals surface area contributed by atoms with Gasteiger partial charge in [-0.15, -0.1) is 0 Å². The first-order valence-electron chi connectivity index (χ1n) is 25.7. The highest BCUT2D eigenvalue weighted by Gasteiger charge is 2.43. The van der Waals surface area contributed by atoms with Crippen LogP contribution in [0.5, 0.6) is 34.5 Å². The molecule has 2 aliphatic carbocycles. The number of aromatic amines is 1. The van der Waals surface area contributed by atoms with Gasteiger partial charge in [0.2, 0.25) is 5.75 Å². The molecule has 6 aromatic rings. The van der Waals surface area contributed by atoms with Gasteiger partial charge in [0.15, 0.2) is 11.5 Å². The number of H-pyrrole nitrogens is 1. The first-order valence-corrected chi connectivity index (χ1v) is 25.7. The van der Waals surface area contributed by atoms with Crippen molar-refractivity contribution in [2.45, 2.75) is 89.7 Å². The van der Waals surface area contributed by atoms with E-state index in [1.807, 2.05) is 53.4 Å². The molecule has 6 atom stereocenters. The number of carbonyl (C=O) groups excluding carboxylic acids is 3. The number of ketones is 2. The summed E-state index contributed by atoms with van der Waals surface area (Å²) in [6, 6.07) is 22.2. The number of ether oxygens (including phenoxy) is 3. The number of nitrogens with one attached hydrogen (secondary N) is 2. The second-order valence-electron chi connectivity index (χ2n) is 20.3. The monoisotopic (exact) mass is 1010 g/mol. The lowest BCUT2D eigenvalue weighted by Crippen LogP contribution is -2.36. The summed E-state index contributed by atoms with van der Waals surface area (Å²) in [5.74, 6) is 7.40. The second-order valence-corrected chi connectivity index (χ2v) is 20.3. The molecule has 5 N–H and O–H groups in total. The number of methoxy groups -OCH3 is 1. The Balaban J connectivity index is 1.17. The van der Waals surface area contributed by atoms with E-state index < -0.39 is 23.5 Å². The Hall–Kier alpha value is -8.37. The summed E-state index contributed by atoms with van der Waals surface area (Å²) in [6.07, 6.45) is 20.5. The van der Waals surface area contributed by atoms with Crippen molar-refractivity contribution in [1.82, 2.24) is 14.9 Å². The molecule has 2 aromatic heterocycles. The number of hydrogen-bond donors (Lipinski definition) is 5. The molecule has 0 saturated carbocycles. The van der Waals surface area contributed by atoms with Crippen LogP contribution in [0.25, 0.3) is 10.8 Å². The fourth-order valence-corrected chi connectivity index (χ4v) is 11.7. The first-order chi connectivity index (χ1) is 36.3. The average Bonchev–Trinajstić information content (AvgIpc) is 4.05. The molecule has 10 rings (SSSR count). The van der Waals surface area contributed by atoms with Crippen LogP contribution in [0.3, 0.4) is 0 Å². The van der Waals surface area contributed by atoms with Gasteiger partial charge in [-0.2, -0.15) is 0 Å². The number of Topliss-reactive ketones (excluding diaryl/α,β-unsaturated/α-hetero) is 2. The van der Waals surface area contributed by atoms with Crippen molar-refractivity contribution in [2.24, 2.45) is 11.3 Å². The van der Waals surface area contributed by atoms with Crippen LogP contribution in [0.4, 0.5) is 5.69 Å². The van der Waals surface area contributed by atoms with Crippen molar-refractivity contribution in [3.8, 4) is 46.3 Å². The van der Waals surface area contributed by atoms with Gasteiger partial charge in [-0.1, -0.05) is 79.0 Å². The highest BCUT2D eigenvalue weighted by Crippen LogP contribution is 2.52. The van der Waals surface area contributed by atoms with Gasteiger partial charge in [0, 0.05) is 98.7 Å². The predicted molar refractivity (Wildman–Crippen MR) is 288 cm³/mol. The number of benzene rings is 4. The summed E-state index contributed by atoms with van der Waals surface area (Å²) in [4.78, 5) is 46.4. The Bertz CT molecular complexity index is 3380. The quantitative estimate of drug-likeness (QED) is 0.0688. The Kier molecular flexibility index (Phi) is 14.2. The van der Waals surface area contributed by atoms with Gasteiger partial charge in [0.1, 0.15) is 40.7 Å². The summed E-state index contributed by atoms with van der Waals surface area (Å²) in [5.41, 5.74) is 6.16. The van der Waals surface area contributed by atoms with Crippen molar-refractivity contribution < 1.29 is 43.9 Å². The van der Waals surface area contributed by atoms with E-state index in [4.69, 9.17) is 14.2 Å². The van der Waals surface area contributed by atoms with Crippen LogP contribution in [0.1, 0.15) is 99.4 Å². The fraction of sp³-hybridized carbons (Fsp3) is 0.306. The molecule has 6 unspecified atom stereocenters. The highest BCUT2D eigenvalue weighted by atomic mass is 16.5. The zero-order valence-electron chi connectivity index (χ0n) is 42.6. The smallest absolute Gasteiger partial charge is 0.302 e. The molecule has 0 fully saturated rings. The van der Waals surface area contributed by atoms with Gasteiger partial charge >= 0.3 is 5.97 Å². The number of aromatic nitrogens is 2. The van der Waals surface area contributed by atoms with E-state index in [-0.39, 0.29) is 83.1 Å². The Morgan fingerprint density at radius 2 is 1.75 bits per heavy atom. The minimum absolute atomic E-state index is 0.0140. The van der Waals surface area contributed by atoms with Crippen LogP contribution in [0, 0.1) is 23.2 Å². The SMILES string of the molecule is COc1cc(C2CC(=O)CC(OC(C)=O)CCC34Cc5c[nH]cc5C(C#CCC3=CC=CC4C)C(c3cccc(O)c3)C3=CCNC(=C3)N(CCC(C)=O)c3cccc4cn2cc34)cc(O)c1Oc1cccc(O)c1. The molecular weight excluding hydrogens is 945 g/mol. The van der Waals surface area contributed by atoms with Gasteiger partial charge in [0.05, 0.1) is 24.8 Å². The van der Waals surface area contributed by atoms with Crippen LogP contribution < -0.4 is 19.7 Å². The molecule has 4 aromatic carbocycles. The van der Waals surface area contributed by atoms with Crippen molar-refractivity contribution in [2.75, 3.05) is 25.1 Å². The zero-order chi connectivity index (χ0) is 52.4. The maximum Gasteiger partial charge on any atom is 0.302 e. The molecule has 4 aliphatic rings. The third kappa shape index (κ3) is 10.4. The van der Waals surface area contributed by atoms with Crippen LogP contribution in [0.15, 0.2) is 151 Å². The number of esters is 1. The van der Waals surface area contributed by atoms with E-state index in [1.165, 1.54) is 31.7 Å². The normalized spacial score (nSPS) is 22.6. The molecule has 75 heavy (non-hydrogen) atoms. The lowest BCUT2D eigenvalue weighted by atomic mass is 9.61. The van der Waals surface area contributed by atoms with Crippen molar-refractivity contribution >= 4 is 34.0 Å². The number of carbonyl (C=O) groups is 3. The van der Waals surface area contributed by atoms with Gasteiger partial charge in [-0.3, -0.25) is 14.4 Å². The molecule has 0 amide bonds. The lowest BCUT2D eigenvalue weighted by Gasteiger charge is -2.43. The van der Waals surface area contributed by atoms with E-state index in [9.17, 15) is 29.7 Å². The van der Waals surface area contributed by atoms with E-state index in [0.29, 0.717) is 44.3 Å². The number of hydrogen-bond acceptors (Lipinski definition) is 11. The lowest BCUT2D eigenvalue weighted by molar-refractivity contribution is -0.148. The van der Waals surface area contributed by atoms with Crippen molar-refractivity contribution in [1.29, 1.82) is 0 Å². The summed E-state index contributed by atoms with van der Waals surface area (Å²) < 4.78 is 20.0. The number of allylic oxidation sites excluding steroid dienone is 6. The van der Waals surface area contributed by atoms with Crippen molar-refractivity contribution in [3.63, 3.8) is 0 Å². The van der Waals surface area contributed by atoms with Crippen LogP contribution >= 0.6 is 0 Å². The number of phenols is 3. The number of nitrogens with zero attached hydrogens (tertiary/aromatic N) is 2. The highest BCUT2D eigenvalue weighted by molar-refractivity contribution is 5.95. The molecule has 1 spiro atoms. The number of rotatable bonds is 9. The zero-order valence-corrected chi connectivity index (χ0v) is 42.6. The van der Waals surface area contributed by atoms with Crippen molar-refractivity contribution in [3.05, 3.63) is 173 Å². The molecular formula is C62H62N4O9. The largest absolute Gasteiger partial charge is 0.508 e. The van der Waals surface area contributed by atoms with Gasteiger partial charge in [0.25, 0.3) is 0 Å². The number of anilines is 1. The van der Waals surface area contributed by atoms with E-state index in [2.05, 4.69) is 76.7 Å². The van der Waals surface area contributed by atoms with Crippen LogP contribution in [-0.2, 0) is 25.5 Å². The van der Waals surface area contributed by atoms with E-state index >= 15 is 0 Å². The molecule has 13 nitrogen and oxygen atoms in total. The van der Waals surface area contributed by atoms with Gasteiger partial charge in [-0.05, 0) is 108 Å². The standard InChI is InChI=1S/C62H62N4O9/c1-38-10-5-13-46-14-8-18-52-53-35-63-34-45(53)33-62(38,46)23-20-51(74-40(3)68)31-49(71)32-56(44-27-57(72)61(58(28-44)73-4)75-50-17-9-16-48(70)30-50)65-36-43-12-7-19-55(54(43)37-65)66(25-22-39(2)67)59-29-42(21-24-64-59)60(52)41-11-6-15-47(69)26-41/h5-7,9-13,15-17,19,21,26-30,34-38,51-52,56,60,63-64,69-70,72H,14,20,22-25,31-33H2,1-4H3. The minimum Gasteiger partial charge on any atom is -0.508 e. The maximum absolute atomic E-state index is 14.9. The first kappa shape index (κ1) is 50.2. The molecule has 384 valence electrons. The summed E-state index contributed by atoms with van der Waals surface area (Å²) in [5, 5.41) is 38.4. The summed E-state index contributed by atoms with van der Waals surface area (Å²) in [6.45, 7) is 6.02. The molecule has 2 aliphatic heterocycles. The molecule has 4 heterocycles. The third-order valence-corrected chi connectivity index (χ3v) is 15.4. The predicted octanol–water partition coefficient (Wildman–Crippen LogP) is 11.3. The number of phenolic OH excluding ortho intramolecular Hbond substituents is 3. The average molecular weight is 1010 g/mol. The summed E-state index contributed by atoms with van der Waals surface area (Å²) in [7, 11) is 1.47. The molecule has 0 saturated heterocycles. The van der Waals surface area contributed by atoms with Crippen LogP contribution in [0.2, 0.25) is 0 Å². The summed E-state index contributed by atoms with van der Waals surface area (Å²) >= 11 is 0. The molecule has 13 heteroatoms. The van der Waals surface area contributed by atoms with Crippen LogP contribution in [-0.4, -0.2) is 68.7 Å². The number of aromatic hydroxyl groups is 3. The Labute approximate surface area is 436 Å². The fourth-order valence-electron chi connectivity index (χ4n) is 11.7. The number of fused-ring (bicyclic) bond motifs is 2. The van der Waals surface area contributed by atoms with Gasteiger partial charge < -0.3 is 49.3 Å². The molecule has 0 radical (unpaired) electrons. The number of dihydropyridines is 1. The second kappa shape index (κ2) is 21.2. The maximum atomic E-state index is 14.9. The minimum atomic E-state index is -0.747. The van der Waals surface area contributed by atoms with Gasteiger partial charge in [-0.25, -0.2) is 0 Å².